The molecule has 0 saturated carbocycles. The van der Waals surface area contributed by atoms with Gasteiger partial charge in [0, 0.05) is 16.5 Å². The van der Waals surface area contributed by atoms with Gasteiger partial charge in [-0.3, -0.25) is 5.09 Å². The van der Waals surface area contributed by atoms with Crippen molar-refractivity contribution < 1.29 is 4.57 Å². The van der Waals surface area contributed by atoms with E-state index in [4.69, 9.17) is 0 Å². The lowest BCUT2D eigenvalue weighted by atomic mass is 10.1. The maximum Gasteiger partial charge on any atom is 0.181 e. The predicted octanol–water partition coefficient (Wildman–Crippen LogP) is 4.74. The van der Waals surface area contributed by atoms with Crippen LogP contribution in [0, 0.1) is 0 Å². The molecule has 2 rings (SSSR count). The van der Waals surface area contributed by atoms with Crippen LogP contribution in [0.15, 0.2) is 60.7 Å². The summed E-state index contributed by atoms with van der Waals surface area (Å²) < 4.78 is 13.7. The van der Waals surface area contributed by atoms with Gasteiger partial charge in [-0.15, -0.1) is 0 Å². The van der Waals surface area contributed by atoms with Gasteiger partial charge in [-0.25, -0.2) is 0 Å². The van der Waals surface area contributed by atoms with E-state index in [2.05, 4.69) is 24.1 Å². The lowest BCUT2D eigenvalue weighted by Crippen LogP contribution is -2.34. The van der Waals surface area contributed by atoms with Crippen LogP contribution >= 0.6 is 7.29 Å². The predicted molar refractivity (Wildman–Crippen MR) is 91.4 cm³/mol. The molecular weight excluding hydrogens is 277 g/mol. The van der Waals surface area contributed by atoms with Crippen molar-refractivity contribution >= 4 is 12.6 Å². The van der Waals surface area contributed by atoms with Gasteiger partial charge in [0.25, 0.3) is 0 Å². The van der Waals surface area contributed by atoms with E-state index in [0.29, 0.717) is 0 Å². The van der Waals surface area contributed by atoms with Crippen molar-refractivity contribution in [3.8, 4) is 0 Å². The van der Waals surface area contributed by atoms with Gasteiger partial charge in [0.1, 0.15) is 0 Å². The molecule has 0 unspecified atom stereocenters. The van der Waals surface area contributed by atoms with Gasteiger partial charge in [-0.2, -0.15) is 0 Å². The van der Waals surface area contributed by atoms with Crippen LogP contribution in [0.4, 0.5) is 0 Å². The summed E-state index contributed by atoms with van der Waals surface area (Å²) in [6.45, 7) is 8.17. The molecule has 0 aliphatic rings. The molecule has 0 aromatic heterocycles. The lowest BCUT2D eigenvalue weighted by molar-refractivity contribution is 0.533. The highest BCUT2D eigenvalue weighted by atomic mass is 31.2. The number of benzene rings is 2. The van der Waals surface area contributed by atoms with E-state index in [9.17, 15) is 4.57 Å². The van der Waals surface area contributed by atoms with Crippen LogP contribution in [0.1, 0.15) is 39.3 Å². The average Bonchev–Trinajstić information content (AvgIpc) is 2.47. The SMILES string of the molecule is C[C@H](N[P@@](=O)(c1ccccc1)C(C)(C)C)c1ccccc1. The largest absolute Gasteiger partial charge is 0.301 e. The molecule has 2 aromatic rings. The summed E-state index contributed by atoms with van der Waals surface area (Å²) in [4.78, 5) is 0. The standard InChI is InChI=1S/C18H24NOP/c1-15(16-11-7-5-8-12-16)19-21(20,18(2,3)4)17-13-9-6-10-14-17/h5-15H,1-4H3,(H,19,20)/t15-,21+/m0/s1. The summed E-state index contributed by atoms with van der Waals surface area (Å²) in [6.07, 6.45) is 0. The topological polar surface area (TPSA) is 29.1 Å². The van der Waals surface area contributed by atoms with Crippen LogP contribution in [-0.2, 0) is 4.57 Å². The van der Waals surface area contributed by atoms with Gasteiger partial charge in [-0.05, 0) is 12.5 Å². The molecular formula is C18H24NOP. The second-order valence-corrected chi connectivity index (χ2v) is 9.71. The molecule has 1 N–H and O–H groups in total. The second-order valence-electron chi connectivity index (χ2n) is 6.38. The molecule has 0 saturated heterocycles. The Morgan fingerprint density at radius 2 is 1.38 bits per heavy atom. The number of nitrogens with one attached hydrogen (secondary N) is 1. The third-order valence-corrected chi connectivity index (χ3v) is 7.41. The van der Waals surface area contributed by atoms with Crippen LogP contribution < -0.4 is 10.4 Å². The molecule has 2 nitrogen and oxygen atoms in total. The molecule has 0 spiro atoms. The number of rotatable bonds is 4. The number of hydrogen-bond acceptors (Lipinski definition) is 1. The molecule has 0 aliphatic heterocycles. The van der Waals surface area contributed by atoms with Crippen molar-refractivity contribution in [3.63, 3.8) is 0 Å². The summed E-state index contributed by atoms with van der Waals surface area (Å²) in [5.41, 5.74) is 1.15. The van der Waals surface area contributed by atoms with E-state index >= 15 is 0 Å². The van der Waals surface area contributed by atoms with Gasteiger partial charge in [0.2, 0.25) is 0 Å². The quantitative estimate of drug-likeness (QED) is 0.826. The van der Waals surface area contributed by atoms with Crippen molar-refractivity contribution in [2.24, 2.45) is 0 Å². The smallest absolute Gasteiger partial charge is 0.181 e. The zero-order valence-corrected chi connectivity index (χ0v) is 14.1. The molecule has 112 valence electrons. The van der Waals surface area contributed by atoms with Crippen molar-refractivity contribution in [2.45, 2.75) is 38.9 Å². The zero-order chi connectivity index (χ0) is 15.5. The Balaban J connectivity index is 2.37. The summed E-state index contributed by atoms with van der Waals surface area (Å²) in [6, 6.07) is 19.9. The summed E-state index contributed by atoms with van der Waals surface area (Å²) in [5, 5.41) is 3.97. The first kappa shape index (κ1) is 16.0. The molecule has 0 bridgehead atoms. The van der Waals surface area contributed by atoms with E-state index in [1.54, 1.807) is 0 Å². The first-order chi connectivity index (χ1) is 9.84. The van der Waals surface area contributed by atoms with Crippen molar-refractivity contribution in [2.75, 3.05) is 0 Å². The third-order valence-electron chi connectivity index (χ3n) is 3.74. The van der Waals surface area contributed by atoms with E-state index < -0.39 is 7.29 Å². The van der Waals surface area contributed by atoms with Crippen LogP contribution in [0.3, 0.4) is 0 Å². The Kier molecular flexibility index (Phi) is 4.70. The van der Waals surface area contributed by atoms with Crippen molar-refractivity contribution in [3.05, 3.63) is 66.2 Å². The first-order valence-electron chi connectivity index (χ1n) is 7.33. The van der Waals surface area contributed by atoms with Gasteiger partial charge < -0.3 is 4.57 Å². The fraction of sp³-hybridized carbons (Fsp3) is 0.333. The van der Waals surface area contributed by atoms with Crippen molar-refractivity contribution in [1.82, 2.24) is 5.09 Å². The molecule has 3 heteroatoms. The van der Waals surface area contributed by atoms with Crippen molar-refractivity contribution in [1.29, 1.82) is 0 Å². The van der Waals surface area contributed by atoms with Gasteiger partial charge in [0.15, 0.2) is 7.29 Å². The van der Waals surface area contributed by atoms with Gasteiger partial charge in [0.05, 0.1) is 0 Å². The molecule has 2 atom stereocenters. The normalized spacial score (nSPS) is 16.2. The lowest BCUT2D eigenvalue weighted by Gasteiger charge is -2.34. The van der Waals surface area contributed by atoms with Gasteiger partial charge in [-0.1, -0.05) is 81.4 Å². The van der Waals surface area contributed by atoms with Gasteiger partial charge >= 0.3 is 0 Å². The molecule has 0 aliphatic carbocycles. The molecule has 21 heavy (non-hydrogen) atoms. The van der Waals surface area contributed by atoms with Crippen LogP contribution in [0.5, 0.6) is 0 Å². The second kappa shape index (κ2) is 6.17. The Labute approximate surface area is 128 Å². The van der Waals surface area contributed by atoms with Crippen LogP contribution in [0.25, 0.3) is 0 Å². The Hall–Kier alpha value is -1.37. The highest BCUT2D eigenvalue weighted by molar-refractivity contribution is 7.71. The number of hydrogen-bond donors (Lipinski definition) is 1. The minimum atomic E-state index is -2.73. The molecule has 0 heterocycles. The van der Waals surface area contributed by atoms with E-state index in [1.807, 2.05) is 69.3 Å². The Bertz CT molecular complexity index is 617. The highest BCUT2D eigenvalue weighted by Gasteiger charge is 2.39. The monoisotopic (exact) mass is 301 g/mol. The third kappa shape index (κ3) is 3.45. The van der Waals surface area contributed by atoms with E-state index in [1.165, 1.54) is 0 Å². The van der Waals surface area contributed by atoms with E-state index in [0.717, 1.165) is 10.9 Å². The highest BCUT2D eigenvalue weighted by Crippen LogP contribution is 2.54. The summed E-state index contributed by atoms with van der Waals surface area (Å²) >= 11 is 0. The molecule has 0 amide bonds. The molecule has 0 fully saturated rings. The average molecular weight is 301 g/mol. The fourth-order valence-electron chi connectivity index (χ4n) is 2.38. The first-order valence-corrected chi connectivity index (χ1v) is 9.04. The summed E-state index contributed by atoms with van der Waals surface area (Å²) in [5.74, 6) is 0. The minimum absolute atomic E-state index is 0.0384. The maximum atomic E-state index is 13.7. The Morgan fingerprint density at radius 1 is 0.905 bits per heavy atom. The Morgan fingerprint density at radius 3 is 1.86 bits per heavy atom. The van der Waals surface area contributed by atoms with Crippen LogP contribution in [0.2, 0.25) is 0 Å². The molecule has 2 aromatic carbocycles. The van der Waals surface area contributed by atoms with Crippen LogP contribution in [-0.4, -0.2) is 5.16 Å². The van der Waals surface area contributed by atoms with E-state index in [-0.39, 0.29) is 11.2 Å². The maximum absolute atomic E-state index is 13.7. The summed E-state index contributed by atoms with van der Waals surface area (Å²) in [7, 11) is -2.73. The molecule has 0 radical (unpaired) electrons. The minimum Gasteiger partial charge on any atom is -0.301 e. The zero-order valence-electron chi connectivity index (χ0n) is 13.2. The fourth-order valence-corrected chi connectivity index (χ4v) is 4.98.